The normalized spacial score (nSPS) is 42.2. The highest BCUT2D eigenvalue weighted by molar-refractivity contribution is 5.94. The Balaban J connectivity index is 1.76. The second-order valence-corrected chi connectivity index (χ2v) is 10.8. The van der Waals surface area contributed by atoms with Gasteiger partial charge in [0.05, 0.1) is 12.2 Å². The SMILES string of the molecule is C=C(C)C(=O)CCC(C)C1CCC(C)(OC2OC(CO)C(O)C(O)C2O)C2CCC(C)=CC12. The van der Waals surface area contributed by atoms with Crippen LogP contribution < -0.4 is 0 Å². The number of aliphatic hydroxyl groups is 4. The third-order valence-corrected chi connectivity index (χ3v) is 8.31. The molecule has 0 bridgehead atoms. The average molecular weight is 467 g/mol. The van der Waals surface area contributed by atoms with Gasteiger partial charge in [0.15, 0.2) is 12.1 Å². The molecule has 188 valence electrons. The first-order valence-electron chi connectivity index (χ1n) is 12.3. The summed E-state index contributed by atoms with van der Waals surface area (Å²) in [6, 6.07) is 0. The zero-order valence-electron chi connectivity index (χ0n) is 20.4. The van der Waals surface area contributed by atoms with E-state index >= 15 is 0 Å². The van der Waals surface area contributed by atoms with Crippen molar-refractivity contribution >= 4 is 5.78 Å². The van der Waals surface area contributed by atoms with Crippen LogP contribution in [0.2, 0.25) is 0 Å². The summed E-state index contributed by atoms with van der Waals surface area (Å²) >= 11 is 0. The van der Waals surface area contributed by atoms with E-state index in [2.05, 4.69) is 26.5 Å². The molecule has 0 radical (unpaired) electrons. The smallest absolute Gasteiger partial charge is 0.187 e. The molecule has 7 nitrogen and oxygen atoms in total. The minimum atomic E-state index is -1.45. The molecule has 2 aliphatic carbocycles. The van der Waals surface area contributed by atoms with Crippen LogP contribution in [0, 0.1) is 23.7 Å². The molecule has 1 heterocycles. The summed E-state index contributed by atoms with van der Waals surface area (Å²) in [4.78, 5) is 12.1. The molecule has 1 saturated heterocycles. The number of carbonyl (C=O) groups is 1. The summed E-state index contributed by atoms with van der Waals surface area (Å²) in [5, 5.41) is 40.3. The first kappa shape index (κ1) is 26.5. The van der Waals surface area contributed by atoms with Crippen molar-refractivity contribution in [2.75, 3.05) is 6.61 Å². The number of ether oxygens (including phenoxy) is 2. The Morgan fingerprint density at radius 1 is 1.27 bits per heavy atom. The zero-order valence-corrected chi connectivity index (χ0v) is 20.4. The molecule has 3 rings (SSSR count). The molecule has 3 aliphatic rings. The van der Waals surface area contributed by atoms with Gasteiger partial charge in [-0.3, -0.25) is 4.79 Å². The maximum Gasteiger partial charge on any atom is 0.187 e. The van der Waals surface area contributed by atoms with Gasteiger partial charge < -0.3 is 29.9 Å². The number of hydrogen-bond acceptors (Lipinski definition) is 7. The van der Waals surface area contributed by atoms with Crippen molar-refractivity contribution in [1.82, 2.24) is 0 Å². The van der Waals surface area contributed by atoms with Crippen molar-refractivity contribution in [2.24, 2.45) is 23.7 Å². The molecule has 0 amide bonds. The third kappa shape index (κ3) is 5.60. The van der Waals surface area contributed by atoms with Gasteiger partial charge in [-0.05, 0) is 82.1 Å². The standard InChI is InChI=1S/C26H42O7/c1-14(2)20(28)9-7-16(4)17-10-11-26(5,19-8-6-15(3)12-18(17)19)33-25-24(31)23(30)22(29)21(13-27)32-25/h12,16-19,21-25,27,29-31H,1,6-11,13H2,2-5H3. The average Bonchev–Trinajstić information content (AvgIpc) is 2.77. The minimum Gasteiger partial charge on any atom is -0.394 e. The molecule has 1 saturated carbocycles. The van der Waals surface area contributed by atoms with E-state index < -0.39 is 42.9 Å². The number of carbonyl (C=O) groups excluding carboxylic acids is 1. The Labute approximate surface area is 197 Å². The van der Waals surface area contributed by atoms with Crippen molar-refractivity contribution in [2.45, 2.75) is 103 Å². The molecule has 0 spiro atoms. The molecule has 0 aromatic heterocycles. The zero-order chi connectivity index (χ0) is 24.5. The Morgan fingerprint density at radius 2 is 1.97 bits per heavy atom. The highest BCUT2D eigenvalue weighted by Crippen LogP contribution is 2.52. The molecule has 4 N–H and O–H groups in total. The van der Waals surface area contributed by atoms with Crippen LogP contribution >= 0.6 is 0 Å². The summed E-state index contributed by atoms with van der Waals surface area (Å²) in [7, 11) is 0. The second kappa shape index (κ2) is 10.7. The molecular weight excluding hydrogens is 424 g/mol. The quantitative estimate of drug-likeness (QED) is 0.321. The van der Waals surface area contributed by atoms with Crippen LogP contribution in [0.25, 0.3) is 0 Å². The fourth-order valence-corrected chi connectivity index (χ4v) is 6.10. The van der Waals surface area contributed by atoms with Crippen LogP contribution in [-0.4, -0.2) is 69.1 Å². The molecular formula is C26H42O7. The highest BCUT2D eigenvalue weighted by Gasteiger charge is 2.52. The Morgan fingerprint density at radius 3 is 2.61 bits per heavy atom. The molecule has 10 unspecified atom stereocenters. The third-order valence-electron chi connectivity index (χ3n) is 8.31. The summed E-state index contributed by atoms with van der Waals surface area (Å²) in [5.41, 5.74) is 1.39. The predicted octanol–water partition coefficient (Wildman–Crippen LogP) is 2.51. The number of rotatable bonds is 8. The van der Waals surface area contributed by atoms with Crippen LogP contribution in [0.3, 0.4) is 0 Å². The first-order chi connectivity index (χ1) is 15.5. The number of fused-ring (bicyclic) bond motifs is 1. The molecule has 0 aromatic rings. The van der Waals surface area contributed by atoms with E-state index in [9.17, 15) is 25.2 Å². The van der Waals surface area contributed by atoms with E-state index in [1.54, 1.807) is 6.92 Å². The van der Waals surface area contributed by atoms with Crippen LogP contribution in [0.4, 0.5) is 0 Å². The van der Waals surface area contributed by atoms with Gasteiger partial charge >= 0.3 is 0 Å². The van der Waals surface area contributed by atoms with Crippen molar-refractivity contribution in [3.8, 4) is 0 Å². The van der Waals surface area contributed by atoms with E-state index in [1.807, 2.05) is 6.92 Å². The molecule has 0 aromatic carbocycles. The van der Waals surface area contributed by atoms with Gasteiger partial charge in [-0.2, -0.15) is 0 Å². The number of hydrogen-bond donors (Lipinski definition) is 4. The van der Waals surface area contributed by atoms with Gasteiger partial charge in [0.2, 0.25) is 0 Å². The van der Waals surface area contributed by atoms with E-state index in [0.717, 1.165) is 32.1 Å². The highest BCUT2D eigenvalue weighted by atomic mass is 16.7. The van der Waals surface area contributed by atoms with Gasteiger partial charge in [-0.1, -0.05) is 25.2 Å². The van der Waals surface area contributed by atoms with Gasteiger partial charge in [0.25, 0.3) is 0 Å². The summed E-state index contributed by atoms with van der Waals surface area (Å²) in [6.45, 7) is 11.5. The second-order valence-electron chi connectivity index (χ2n) is 10.8. The summed E-state index contributed by atoms with van der Waals surface area (Å²) in [6.07, 6.45) is 0.972. The van der Waals surface area contributed by atoms with Gasteiger partial charge in [0, 0.05) is 6.42 Å². The topological polar surface area (TPSA) is 116 Å². The molecule has 33 heavy (non-hydrogen) atoms. The molecule has 2 fully saturated rings. The number of ketones is 1. The van der Waals surface area contributed by atoms with Crippen LogP contribution in [0.5, 0.6) is 0 Å². The lowest BCUT2D eigenvalue weighted by atomic mass is 9.57. The fraction of sp³-hybridized carbons (Fsp3) is 0.808. The van der Waals surface area contributed by atoms with E-state index in [-0.39, 0.29) is 17.6 Å². The maximum absolute atomic E-state index is 12.1. The van der Waals surface area contributed by atoms with Crippen molar-refractivity contribution < 1.29 is 34.7 Å². The van der Waals surface area contributed by atoms with Gasteiger partial charge in [-0.25, -0.2) is 0 Å². The van der Waals surface area contributed by atoms with Crippen molar-refractivity contribution in [3.05, 3.63) is 23.8 Å². The van der Waals surface area contributed by atoms with E-state index in [1.165, 1.54) is 5.57 Å². The number of Topliss-reactive ketones (excluding diaryl/α,β-unsaturated/α-hetero) is 1. The Bertz CT molecular complexity index is 747. The molecule has 1 aliphatic heterocycles. The molecule has 7 heteroatoms. The fourth-order valence-electron chi connectivity index (χ4n) is 6.10. The lowest BCUT2D eigenvalue weighted by molar-refractivity contribution is -0.337. The van der Waals surface area contributed by atoms with Crippen LogP contribution in [0.15, 0.2) is 23.8 Å². The summed E-state index contributed by atoms with van der Waals surface area (Å²) < 4.78 is 12.1. The minimum absolute atomic E-state index is 0.125. The van der Waals surface area contributed by atoms with Crippen LogP contribution in [0.1, 0.15) is 66.2 Å². The lowest BCUT2D eigenvalue weighted by Crippen LogP contribution is -2.62. The van der Waals surface area contributed by atoms with Gasteiger partial charge in [0.1, 0.15) is 24.4 Å². The lowest BCUT2D eigenvalue weighted by Gasteiger charge is -2.54. The van der Waals surface area contributed by atoms with Gasteiger partial charge in [-0.15, -0.1) is 0 Å². The maximum atomic E-state index is 12.1. The van der Waals surface area contributed by atoms with Crippen molar-refractivity contribution in [3.63, 3.8) is 0 Å². The largest absolute Gasteiger partial charge is 0.394 e. The monoisotopic (exact) mass is 466 g/mol. The number of allylic oxidation sites excluding steroid dienone is 3. The first-order valence-corrected chi connectivity index (χ1v) is 12.3. The molecule has 10 atom stereocenters. The van der Waals surface area contributed by atoms with E-state index in [4.69, 9.17) is 9.47 Å². The Kier molecular flexibility index (Phi) is 8.57. The van der Waals surface area contributed by atoms with E-state index in [0.29, 0.717) is 23.8 Å². The summed E-state index contributed by atoms with van der Waals surface area (Å²) in [5.74, 6) is 1.42. The van der Waals surface area contributed by atoms with Crippen LogP contribution in [-0.2, 0) is 14.3 Å². The van der Waals surface area contributed by atoms with Crippen molar-refractivity contribution in [1.29, 1.82) is 0 Å². The predicted molar refractivity (Wildman–Crippen MR) is 124 cm³/mol. The Hall–Kier alpha value is -1.09. The number of aliphatic hydroxyl groups excluding tert-OH is 4.